The molecule has 0 radical (unpaired) electrons. The quantitative estimate of drug-likeness (QED) is 0.482. The van der Waals surface area contributed by atoms with Gasteiger partial charge in [-0.1, -0.05) is 57.0 Å². The summed E-state index contributed by atoms with van der Waals surface area (Å²) in [5.74, 6) is 0. The molecular formula is C9H9Br2NO2. The van der Waals surface area contributed by atoms with E-state index in [4.69, 9.17) is 0 Å². The minimum absolute atomic E-state index is 0.0518. The van der Waals surface area contributed by atoms with Crippen molar-refractivity contribution < 1.29 is 4.92 Å². The molecule has 0 amide bonds. The van der Waals surface area contributed by atoms with Gasteiger partial charge in [0.05, 0.1) is 9.75 Å². The molecule has 0 unspecified atom stereocenters. The fraction of sp³-hybridized carbons (Fsp3) is 0.333. The Hall–Kier alpha value is -0.420. The van der Waals surface area contributed by atoms with Gasteiger partial charge in [-0.3, -0.25) is 10.1 Å². The third-order valence-electron chi connectivity index (χ3n) is 1.83. The monoisotopic (exact) mass is 321 g/mol. The highest BCUT2D eigenvalue weighted by atomic mass is 79.9. The zero-order chi connectivity index (χ0) is 10.7. The highest BCUT2D eigenvalue weighted by molar-refractivity contribution is 9.12. The van der Waals surface area contributed by atoms with Crippen LogP contribution in [0.3, 0.4) is 0 Å². The summed E-state index contributed by atoms with van der Waals surface area (Å²) in [5.41, 5.74) is 0.850. The minimum atomic E-state index is -0.362. The summed E-state index contributed by atoms with van der Waals surface area (Å²) in [6, 6.07) is 6.74. The van der Waals surface area contributed by atoms with Crippen LogP contribution in [0, 0.1) is 10.1 Å². The van der Waals surface area contributed by atoms with Crippen LogP contribution < -0.4 is 0 Å². The van der Waals surface area contributed by atoms with Crippen molar-refractivity contribution in [2.24, 2.45) is 0 Å². The van der Waals surface area contributed by atoms with E-state index < -0.39 is 0 Å². The number of halogens is 2. The van der Waals surface area contributed by atoms with Gasteiger partial charge in [-0.25, -0.2) is 0 Å². The molecule has 14 heavy (non-hydrogen) atoms. The van der Waals surface area contributed by atoms with Gasteiger partial charge in [-0.2, -0.15) is 0 Å². The lowest BCUT2D eigenvalue weighted by atomic mass is 10.1. The zero-order valence-corrected chi connectivity index (χ0v) is 10.7. The van der Waals surface area contributed by atoms with Gasteiger partial charge in [0.2, 0.25) is 0 Å². The number of hydrogen-bond donors (Lipinski definition) is 0. The molecule has 1 aromatic carbocycles. The Bertz CT molecular complexity index is 341. The Labute approximate surface area is 98.9 Å². The van der Waals surface area contributed by atoms with Crippen LogP contribution in [0.4, 0.5) is 5.69 Å². The van der Waals surface area contributed by atoms with Gasteiger partial charge < -0.3 is 0 Å². The molecule has 0 aromatic heterocycles. The molecule has 0 aliphatic carbocycles. The lowest BCUT2D eigenvalue weighted by molar-refractivity contribution is -0.385. The van der Waals surface area contributed by atoms with Crippen molar-refractivity contribution in [3.05, 3.63) is 39.9 Å². The van der Waals surface area contributed by atoms with Crippen LogP contribution in [0.15, 0.2) is 24.3 Å². The summed E-state index contributed by atoms with van der Waals surface area (Å²) < 4.78 is 0. The molecule has 0 spiro atoms. The van der Waals surface area contributed by atoms with E-state index in [1.165, 1.54) is 6.07 Å². The smallest absolute Gasteiger partial charge is 0.258 e. The number of alkyl halides is 2. The largest absolute Gasteiger partial charge is 0.273 e. The number of rotatable bonds is 3. The Morgan fingerprint density at radius 1 is 1.36 bits per heavy atom. The fourth-order valence-corrected chi connectivity index (χ4v) is 1.81. The zero-order valence-electron chi connectivity index (χ0n) is 7.48. The molecule has 0 heterocycles. The first kappa shape index (κ1) is 11.7. The number of nitro benzene ring substituents is 1. The number of para-hydroxylation sites is 1. The van der Waals surface area contributed by atoms with Crippen molar-refractivity contribution in [3.8, 4) is 0 Å². The predicted octanol–water partition coefficient (Wildman–Crippen LogP) is 3.81. The highest BCUT2D eigenvalue weighted by Gasteiger charge is 2.22. The number of nitro groups is 1. The van der Waals surface area contributed by atoms with Crippen LogP contribution in [0.5, 0.6) is 0 Å². The van der Waals surface area contributed by atoms with Crippen molar-refractivity contribution in [2.75, 3.05) is 0 Å². The van der Waals surface area contributed by atoms with E-state index in [0.717, 1.165) is 0 Å². The average molecular weight is 323 g/mol. The molecule has 5 heteroatoms. The van der Waals surface area contributed by atoms with Gasteiger partial charge in [0.1, 0.15) is 0 Å². The third-order valence-corrected chi connectivity index (χ3v) is 4.36. The van der Waals surface area contributed by atoms with Gasteiger partial charge >= 0.3 is 0 Å². The maximum atomic E-state index is 10.7. The van der Waals surface area contributed by atoms with Crippen LogP contribution in [0.1, 0.15) is 17.3 Å². The van der Waals surface area contributed by atoms with E-state index in [9.17, 15) is 10.1 Å². The van der Waals surface area contributed by atoms with Crippen molar-refractivity contribution in [3.63, 3.8) is 0 Å². The van der Waals surface area contributed by atoms with Gasteiger partial charge in [0.25, 0.3) is 5.69 Å². The summed E-state index contributed by atoms with van der Waals surface area (Å²) in [7, 11) is 0. The van der Waals surface area contributed by atoms with E-state index in [-0.39, 0.29) is 20.3 Å². The molecule has 76 valence electrons. The Morgan fingerprint density at radius 2 is 1.93 bits per heavy atom. The van der Waals surface area contributed by atoms with Crippen LogP contribution >= 0.6 is 31.9 Å². The van der Waals surface area contributed by atoms with E-state index in [1.807, 2.05) is 6.92 Å². The minimum Gasteiger partial charge on any atom is -0.258 e. The summed E-state index contributed by atoms with van der Waals surface area (Å²) >= 11 is 6.81. The van der Waals surface area contributed by atoms with E-state index in [2.05, 4.69) is 31.9 Å². The second-order valence-corrected chi connectivity index (χ2v) is 5.33. The van der Waals surface area contributed by atoms with Gasteiger partial charge in [-0.05, 0) is 0 Å². The first-order chi connectivity index (χ1) is 6.54. The SMILES string of the molecule is C[C@@H](Br)[C@H](Br)c1ccccc1[N+](=O)[O-]. The molecule has 0 bridgehead atoms. The molecule has 1 aromatic rings. The molecule has 3 nitrogen and oxygen atoms in total. The molecule has 2 atom stereocenters. The summed E-state index contributed by atoms with van der Waals surface area (Å²) in [6.45, 7) is 1.94. The number of benzene rings is 1. The molecule has 0 aliphatic heterocycles. The standard InChI is InChI=1S/C9H9Br2NO2/c1-6(10)9(11)7-4-2-3-5-8(7)12(13)14/h2-6,9H,1H3/t6-,9+/m1/s1. The summed E-state index contributed by atoms with van der Waals surface area (Å²) in [5, 5.41) is 10.7. The average Bonchev–Trinajstić information content (AvgIpc) is 2.16. The van der Waals surface area contributed by atoms with Gasteiger partial charge in [0.15, 0.2) is 0 Å². The predicted molar refractivity (Wildman–Crippen MR) is 63.2 cm³/mol. The van der Waals surface area contributed by atoms with Gasteiger partial charge in [-0.15, -0.1) is 0 Å². The Kier molecular flexibility index (Phi) is 4.07. The summed E-state index contributed by atoms with van der Waals surface area (Å²) in [6.07, 6.45) is 0. The number of nitrogens with zero attached hydrogens (tertiary/aromatic N) is 1. The second-order valence-electron chi connectivity index (χ2n) is 2.90. The highest BCUT2D eigenvalue weighted by Crippen LogP contribution is 2.35. The lowest BCUT2D eigenvalue weighted by Crippen LogP contribution is -2.04. The van der Waals surface area contributed by atoms with Crippen LogP contribution in [0.25, 0.3) is 0 Å². The third kappa shape index (κ3) is 2.54. The molecular weight excluding hydrogens is 314 g/mol. The van der Waals surface area contributed by atoms with Crippen molar-refractivity contribution in [1.82, 2.24) is 0 Å². The van der Waals surface area contributed by atoms with Gasteiger partial charge in [0, 0.05) is 16.5 Å². The lowest BCUT2D eigenvalue weighted by Gasteiger charge is -2.12. The van der Waals surface area contributed by atoms with E-state index >= 15 is 0 Å². The van der Waals surface area contributed by atoms with E-state index in [0.29, 0.717) is 5.56 Å². The maximum absolute atomic E-state index is 10.7. The summed E-state index contributed by atoms with van der Waals surface area (Å²) in [4.78, 5) is 10.4. The molecule has 0 saturated heterocycles. The first-order valence-corrected chi connectivity index (χ1v) is 5.88. The van der Waals surface area contributed by atoms with Crippen molar-refractivity contribution in [2.45, 2.75) is 16.6 Å². The normalized spacial score (nSPS) is 14.8. The second kappa shape index (κ2) is 4.89. The maximum Gasteiger partial charge on any atom is 0.273 e. The van der Waals surface area contributed by atoms with Crippen molar-refractivity contribution >= 4 is 37.5 Å². The molecule has 0 aliphatic rings. The topological polar surface area (TPSA) is 43.1 Å². The molecule has 0 fully saturated rings. The molecule has 0 N–H and O–H groups in total. The van der Waals surface area contributed by atoms with Crippen LogP contribution in [-0.4, -0.2) is 9.75 Å². The van der Waals surface area contributed by atoms with E-state index in [1.54, 1.807) is 18.2 Å². The van der Waals surface area contributed by atoms with Crippen molar-refractivity contribution in [1.29, 1.82) is 0 Å². The Balaban J connectivity index is 3.13. The fourth-order valence-electron chi connectivity index (χ4n) is 1.13. The molecule has 0 saturated carbocycles. The van der Waals surface area contributed by atoms with Crippen LogP contribution in [0.2, 0.25) is 0 Å². The number of hydrogen-bond acceptors (Lipinski definition) is 2. The molecule has 1 rings (SSSR count). The van der Waals surface area contributed by atoms with Crippen LogP contribution in [-0.2, 0) is 0 Å². The first-order valence-electron chi connectivity index (χ1n) is 4.05. The Morgan fingerprint density at radius 3 is 2.43 bits per heavy atom.